The summed E-state index contributed by atoms with van der Waals surface area (Å²) in [5.74, 6) is -0.766. The fraction of sp³-hybridized carbons (Fsp3) is 0.250. The zero-order chi connectivity index (χ0) is 15.5. The largest absolute Gasteiger partial charge is 0.482 e. The molecule has 1 N–H and O–H groups in total. The molecule has 1 aliphatic carbocycles. The number of rotatable bonds is 5. The molecule has 22 heavy (non-hydrogen) atoms. The van der Waals surface area contributed by atoms with Crippen LogP contribution < -0.4 is 15.5 Å². The summed E-state index contributed by atoms with van der Waals surface area (Å²) < 4.78 is 23.3. The van der Waals surface area contributed by atoms with Crippen LogP contribution in [0.4, 0.5) is 4.39 Å². The molecular formula is C16H14FNO4. The number of benzene rings is 1. The highest BCUT2D eigenvalue weighted by molar-refractivity contribution is 5.91. The summed E-state index contributed by atoms with van der Waals surface area (Å²) in [5.41, 5.74) is 0.283. The third-order valence-electron chi connectivity index (χ3n) is 3.24. The van der Waals surface area contributed by atoms with Crippen molar-refractivity contribution in [1.29, 1.82) is 0 Å². The van der Waals surface area contributed by atoms with Gasteiger partial charge in [-0.25, -0.2) is 4.39 Å². The van der Waals surface area contributed by atoms with Crippen molar-refractivity contribution in [2.75, 3.05) is 0 Å². The van der Waals surface area contributed by atoms with E-state index in [-0.39, 0.29) is 30.0 Å². The third kappa shape index (κ3) is 3.52. The van der Waals surface area contributed by atoms with Gasteiger partial charge in [-0.15, -0.1) is 0 Å². The first-order valence-corrected chi connectivity index (χ1v) is 6.93. The molecule has 1 aromatic carbocycles. The minimum Gasteiger partial charge on any atom is -0.482 e. The van der Waals surface area contributed by atoms with Gasteiger partial charge in [0.1, 0.15) is 18.7 Å². The number of carbonyl (C=O) groups is 1. The van der Waals surface area contributed by atoms with Crippen molar-refractivity contribution in [3.63, 3.8) is 0 Å². The summed E-state index contributed by atoms with van der Waals surface area (Å²) in [5, 5.41) is 2.73. The van der Waals surface area contributed by atoms with Crippen LogP contribution >= 0.6 is 0 Å². The van der Waals surface area contributed by atoms with E-state index in [9.17, 15) is 14.0 Å². The first kappa shape index (κ1) is 14.3. The van der Waals surface area contributed by atoms with E-state index in [1.54, 1.807) is 12.1 Å². The minimum absolute atomic E-state index is 0.00676. The van der Waals surface area contributed by atoms with Gasteiger partial charge >= 0.3 is 0 Å². The lowest BCUT2D eigenvalue weighted by Gasteiger charge is -2.06. The Labute approximate surface area is 125 Å². The molecule has 1 fully saturated rings. The highest BCUT2D eigenvalue weighted by atomic mass is 19.1. The van der Waals surface area contributed by atoms with Crippen LogP contribution in [-0.4, -0.2) is 11.9 Å². The third-order valence-corrected chi connectivity index (χ3v) is 3.24. The summed E-state index contributed by atoms with van der Waals surface area (Å²) in [7, 11) is 0. The number of nitrogens with one attached hydrogen (secondary N) is 1. The van der Waals surface area contributed by atoms with Crippen molar-refractivity contribution in [2.24, 2.45) is 0 Å². The van der Waals surface area contributed by atoms with Gasteiger partial charge in [-0.3, -0.25) is 9.59 Å². The van der Waals surface area contributed by atoms with Gasteiger partial charge in [-0.05, 0) is 30.5 Å². The van der Waals surface area contributed by atoms with Crippen molar-refractivity contribution >= 4 is 5.91 Å². The van der Waals surface area contributed by atoms with Crippen molar-refractivity contribution in [1.82, 2.24) is 5.32 Å². The highest BCUT2D eigenvalue weighted by Crippen LogP contribution is 2.19. The minimum atomic E-state index is -0.436. The van der Waals surface area contributed by atoms with E-state index in [4.69, 9.17) is 9.15 Å². The van der Waals surface area contributed by atoms with E-state index < -0.39 is 11.3 Å². The second-order valence-corrected chi connectivity index (χ2v) is 5.14. The van der Waals surface area contributed by atoms with Crippen molar-refractivity contribution in [2.45, 2.75) is 25.5 Å². The van der Waals surface area contributed by atoms with Crippen molar-refractivity contribution in [3.8, 4) is 5.75 Å². The molecule has 1 saturated carbocycles. The van der Waals surface area contributed by atoms with Crippen LogP contribution in [0.1, 0.15) is 29.0 Å². The van der Waals surface area contributed by atoms with Crippen molar-refractivity contribution in [3.05, 3.63) is 64.0 Å². The first-order chi connectivity index (χ1) is 10.6. The molecule has 114 valence electrons. The molecule has 6 heteroatoms. The van der Waals surface area contributed by atoms with Gasteiger partial charge < -0.3 is 14.5 Å². The molecule has 1 heterocycles. The lowest BCUT2D eigenvalue weighted by molar-refractivity contribution is 0.0920. The molecule has 1 aromatic heterocycles. The molecule has 2 aromatic rings. The normalized spacial score (nSPS) is 13.7. The van der Waals surface area contributed by atoms with Crippen LogP contribution in [0.25, 0.3) is 0 Å². The van der Waals surface area contributed by atoms with Crippen molar-refractivity contribution < 1.29 is 18.3 Å². The smallest absolute Gasteiger partial charge is 0.287 e. The van der Waals surface area contributed by atoms with Gasteiger partial charge in [0.2, 0.25) is 11.2 Å². The Morgan fingerprint density at radius 1 is 1.32 bits per heavy atom. The van der Waals surface area contributed by atoms with E-state index in [0.29, 0.717) is 0 Å². The average Bonchev–Trinajstić information content (AvgIpc) is 3.31. The quantitative estimate of drug-likeness (QED) is 0.920. The Morgan fingerprint density at radius 2 is 2.05 bits per heavy atom. The number of ether oxygens (including phenoxy) is 1. The number of hydrogen-bond donors (Lipinski definition) is 1. The molecule has 1 aliphatic rings. The first-order valence-electron chi connectivity index (χ1n) is 6.93. The molecule has 3 rings (SSSR count). The fourth-order valence-electron chi connectivity index (χ4n) is 1.85. The predicted molar refractivity (Wildman–Crippen MR) is 76.2 cm³/mol. The van der Waals surface area contributed by atoms with Crippen LogP contribution in [0.3, 0.4) is 0 Å². The number of hydrogen-bond acceptors (Lipinski definition) is 4. The second kappa shape index (κ2) is 6.01. The lowest BCUT2D eigenvalue weighted by atomic mass is 10.2. The standard InChI is InChI=1S/C16H14FNO4/c17-11-3-1-10(2-4-11)8-21-15-9-22-14(7-13(15)19)16(20)18-12-5-6-12/h1-4,7,9,12H,5-6,8H2,(H,18,20). The summed E-state index contributed by atoms with van der Waals surface area (Å²) in [6.07, 6.45) is 3.03. The van der Waals surface area contributed by atoms with Crippen LogP contribution in [-0.2, 0) is 6.61 Å². The molecular weight excluding hydrogens is 289 g/mol. The molecule has 0 saturated heterocycles. The predicted octanol–water partition coefficient (Wildman–Crippen LogP) is 2.25. The lowest BCUT2D eigenvalue weighted by Crippen LogP contribution is -2.26. The Hall–Kier alpha value is -2.63. The van der Waals surface area contributed by atoms with Gasteiger partial charge in [-0.1, -0.05) is 12.1 Å². The Balaban J connectivity index is 1.65. The van der Waals surface area contributed by atoms with Crippen LogP contribution in [0.15, 0.2) is 45.8 Å². The summed E-state index contributed by atoms with van der Waals surface area (Å²) >= 11 is 0. The van der Waals surface area contributed by atoms with Gasteiger partial charge in [0.05, 0.1) is 0 Å². The molecule has 1 amide bonds. The van der Waals surface area contributed by atoms with Crippen LogP contribution in [0, 0.1) is 5.82 Å². The maximum absolute atomic E-state index is 12.8. The fourth-order valence-corrected chi connectivity index (χ4v) is 1.85. The van der Waals surface area contributed by atoms with E-state index in [0.717, 1.165) is 30.7 Å². The summed E-state index contributed by atoms with van der Waals surface area (Å²) in [4.78, 5) is 23.6. The average molecular weight is 303 g/mol. The zero-order valence-corrected chi connectivity index (χ0v) is 11.7. The van der Waals surface area contributed by atoms with E-state index in [1.807, 2.05) is 0 Å². The van der Waals surface area contributed by atoms with E-state index in [1.165, 1.54) is 12.1 Å². The molecule has 0 aliphatic heterocycles. The number of amides is 1. The van der Waals surface area contributed by atoms with E-state index in [2.05, 4.69) is 5.32 Å². The molecule has 0 radical (unpaired) electrons. The second-order valence-electron chi connectivity index (χ2n) is 5.14. The maximum Gasteiger partial charge on any atom is 0.287 e. The van der Waals surface area contributed by atoms with Crippen LogP contribution in [0.5, 0.6) is 5.75 Å². The molecule has 0 unspecified atom stereocenters. The van der Waals surface area contributed by atoms with Gasteiger partial charge in [0, 0.05) is 12.1 Å². The van der Waals surface area contributed by atoms with Crippen LogP contribution in [0.2, 0.25) is 0 Å². The highest BCUT2D eigenvalue weighted by Gasteiger charge is 2.25. The van der Waals surface area contributed by atoms with Gasteiger partial charge in [-0.2, -0.15) is 0 Å². The molecule has 0 bridgehead atoms. The molecule has 5 nitrogen and oxygen atoms in total. The topological polar surface area (TPSA) is 68.5 Å². The number of carbonyl (C=O) groups excluding carboxylic acids is 1. The van der Waals surface area contributed by atoms with Gasteiger partial charge in [0.25, 0.3) is 5.91 Å². The Morgan fingerprint density at radius 3 is 2.68 bits per heavy atom. The zero-order valence-electron chi connectivity index (χ0n) is 11.7. The summed E-state index contributed by atoms with van der Waals surface area (Å²) in [6.45, 7) is 0.110. The molecule has 0 atom stereocenters. The SMILES string of the molecule is O=C(NC1CC1)c1cc(=O)c(OCc2ccc(F)cc2)co1. The maximum atomic E-state index is 12.8. The Bertz CT molecular complexity index is 735. The summed E-state index contributed by atoms with van der Waals surface area (Å²) in [6, 6.07) is 7.05. The Kier molecular flexibility index (Phi) is 3.91. The monoisotopic (exact) mass is 303 g/mol. The molecule has 0 spiro atoms. The number of halogens is 1. The van der Waals surface area contributed by atoms with E-state index >= 15 is 0 Å². The van der Waals surface area contributed by atoms with Gasteiger partial charge in [0.15, 0.2) is 5.76 Å².